The van der Waals surface area contributed by atoms with Crippen LogP contribution in [0.3, 0.4) is 0 Å². The van der Waals surface area contributed by atoms with Gasteiger partial charge in [0.05, 0.1) is 12.3 Å². The van der Waals surface area contributed by atoms with Gasteiger partial charge in [0.15, 0.2) is 0 Å². The number of hydrogen-bond donors (Lipinski definition) is 2. The van der Waals surface area contributed by atoms with Gasteiger partial charge in [0.25, 0.3) is 0 Å². The minimum absolute atomic E-state index is 0.0683. The fourth-order valence-corrected chi connectivity index (χ4v) is 2.07. The van der Waals surface area contributed by atoms with Crippen molar-refractivity contribution in [2.45, 2.75) is 17.3 Å². The summed E-state index contributed by atoms with van der Waals surface area (Å²) in [5.74, 6) is 0.719. The number of H-pyrrole nitrogens is 1. The van der Waals surface area contributed by atoms with E-state index in [9.17, 15) is 0 Å². The van der Waals surface area contributed by atoms with Crippen molar-refractivity contribution in [3.8, 4) is 0 Å². The van der Waals surface area contributed by atoms with Crippen molar-refractivity contribution in [3.63, 3.8) is 0 Å². The predicted octanol–water partition coefficient (Wildman–Crippen LogP) is 1.59. The molecule has 0 aliphatic heterocycles. The third kappa shape index (κ3) is 2.57. The van der Waals surface area contributed by atoms with E-state index in [4.69, 9.17) is 5.11 Å². The van der Waals surface area contributed by atoms with Gasteiger partial charge in [-0.05, 0) is 12.1 Å². The summed E-state index contributed by atoms with van der Waals surface area (Å²) < 4.78 is 0. The molecule has 1 aromatic carbocycles. The molecule has 2 aromatic rings. The van der Waals surface area contributed by atoms with Crippen LogP contribution in [0.1, 0.15) is 11.4 Å². The van der Waals surface area contributed by atoms with Crippen LogP contribution in [-0.2, 0) is 12.4 Å². The van der Waals surface area contributed by atoms with E-state index in [1.807, 2.05) is 30.3 Å². The van der Waals surface area contributed by atoms with Crippen molar-refractivity contribution in [2.24, 2.45) is 0 Å². The van der Waals surface area contributed by atoms with E-state index in [1.54, 1.807) is 11.8 Å². The SMILES string of the molecule is OCc1n[nH]nc1CSc1ccccc1. The molecule has 15 heavy (non-hydrogen) atoms. The van der Waals surface area contributed by atoms with Crippen molar-refractivity contribution in [2.75, 3.05) is 0 Å². The molecule has 0 saturated carbocycles. The average Bonchev–Trinajstić information content (AvgIpc) is 2.75. The zero-order valence-corrected chi connectivity index (χ0v) is 8.87. The molecule has 0 amide bonds. The lowest BCUT2D eigenvalue weighted by Crippen LogP contribution is -1.90. The van der Waals surface area contributed by atoms with E-state index in [0.29, 0.717) is 5.69 Å². The molecule has 0 unspecified atom stereocenters. The summed E-state index contributed by atoms with van der Waals surface area (Å²) in [6.45, 7) is -0.0683. The van der Waals surface area contributed by atoms with Crippen LogP contribution >= 0.6 is 11.8 Å². The highest BCUT2D eigenvalue weighted by Gasteiger charge is 2.06. The Labute approximate surface area is 91.7 Å². The number of benzene rings is 1. The molecule has 5 heteroatoms. The normalized spacial score (nSPS) is 10.5. The number of aliphatic hydroxyl groups excluding tert-OH is 1. The van der Waals surface area contributed by atoms with Gasteiger partial charge >= 0.3 is 0 Å². The molecule has 2 N–H and O–H groups in total. The van der Waals surface area contributed by atoms with Gasteiger partial charge in [0.1, 0.15) is 5.69 Å². The average molecular weight is 221 g/mol. The van der Waals surface area contributed by atoms with Crippen LogP contribution in [-0.4, -0.2) is 20.5 Å². The molecule has 0 saturated heterocycles. The Kier molecular flexibility index (Phi) is 3.37. The van der Waals surface area contributed by atoms with Crippen molar-refractivity contribution in [3.05, 3.63) is 41.7 Å². The fourth-order valence-electron chi connectivity index (χ4n) is 1.19. The Balaban J connectivity index is 1.99. The lowest BCUT2D eigenvalue weighted by atomic mass is 10.4. The molecule has 0 radical (unpaired) electrons. The van der Waals surface area contributed by atoms with E-state index in [-0.39, 0.29) is 6.61 Å². The van der Waals surface area contributed by atoms with Gasteiger partial charge in [-0.3, -0.25) is 0 Å². The molecule has 1 aromatic heterocycles. The summed E-state index contributed by atoms with van der Waals surface area (Å²) in [6, 6.07) is 10.1. The predicted molar refractivity (Wildman–Crippen MR) is 58.3 cm³/mol. The number of nitrogens with zero attached hydrogens (tertiary/aromatic N) is 2. The maximum absolute atomic E-state index is 8.97. The Morgan fingerprint density at radius 2 is 1.87 bits per heavy atom. The smallest absolute Gasteiger partial charge is 0.112 e. The van der Waals surface area contributed by atoms with Crippen LogP contribution in [0.15, 0.2) is 35.2 Å². The van der Waals surface area contributed by atoms with Crippen LogP contribution < -0.4 is 0 Å². The second kappa shape index (κ2) is 4.95. The van der Waals surface area contributed by atoms with Gasteiger partial charge in [-0.15, -0.1) is 11.8 Å². The summed E-state index contributed by atoms with van der Waals surface area (Å²) in [4.78, 5) is 1.18. The third-order valence-corrected chi connectivity index (χ3v) is 2.99. The fraction of sp³-hybridized carbons (Fsp3) is 0.200. The maximum atomic E-state index is 8.97. The van der Waals surface area contributed by atoms with Crippen LogP contribution in [0.4, 0.5) is 0 Å². The highest BCUT2D eigenvalue weighted by Crippen LogP contribution is 2.22. The molecule has 0 spiro atoms. The second-order valence-corrected chi connectivity index (χ2v) is 4.03. The minimum Gasteiger partial charge on any atom is -0.390 e. The monoisotopic (exact) mass is 221 g/mol. The number of rotatable bonds is 4. The van der Waals surface area contributed by atoms with E-state index < -0.39 is 0 Å². The molecule has 78 valence electrons. The highest BCUT2D eigenvalue weighted by atomic mass is 32.2. The van der Waals surface area contributed by atoms with Crippen molar-refractivity contribution in [1.29, 1.82) is 0 Å². The molecule has 0 aliphatic rings. The zero-order valence-electron chi connectivity index (χ0n) is 8.05. The summed E-state index contributed by atoms with van der Waals surface area (Å²) >= 11 is 1.67. The summed E-state index contributed by atoms with van der Waals surface area (Å²) in [5.41, 5.74) is 1.43. The topological polar surface area (TPSA) is 61.8 Å². The molecule has 1 heterocycles. The Morgan fingerprint density at radius 1 is 1.13 bits per heavy atom. The van der Waals surface area contributed by atoms with Crippen molar-refractivity contribution >= 4 is 11.8 Å². The Hall–Kier alpha value is -1.33. The molecule has 2 rings (SSSR count). The van der Waals surface area contributed by atoms with Gasteiger partial charge in [0.2, 0.25) is 0 Å². The molecule has 0 aliphatic carbocycles. The number of aromatic amines is 1. The standard InChI is InChI=1S/C10H11N3OS/c14-6-9-10(12-13-11-9)7-15-8-4-2-1-3-5-8/h1-5,14H,6-7H2,(H,11,12,13). The second-order valence-electron chi connectivity index (χ2n) is 2.98. The van der Waals surface area contributed by atoms with Crippen molar-refractivity contribution in [1.82, 2.24) is 15.4 Å². The van der Waals surface area contributed by atoms with Gasteiger partial charge in [-0.25, -0.2) is 0 Å². The maximum Gasteiger partial charge on any atom is 0.112 e. The summed E-state index contributed by atoms with van der Waals surface area (Å²) in [5, 5.41) is 19.3. The van der Waals surface area contributed by atoms with E-state index in [2.05, 4.69) is 15.4 Å². The Morgan fingerprint density at radius 3 is 2.60 bits per heavy atom. The summed E-state index contributed by atoms with van der Waals surface area (Å²) in [6.07, 6.45) is 0. The first-order valence-corrected chi connectivity index (χ1v) is 5.56. The largest absolute Gasteiger partial charge is 0.390 e. The molecule has 4 nitrogen and oxygen atoms in total. The lowest BCUT2D eigenvalue weighted by Gasteiger charge is -1.99. The van der Waals surface area contributed by atoms with E-state index in [0.717, 1.165) is 11.4 Å². The molecule has 0 fully saturated rings. The molecular weight excluding hydrogens is 210 g/mol. The van der Waals surface area contributed by atoms with Gasteiger partial charge in [-0.1, -0.05) is 18.2 Å². The first-order valence-electron chi connectivity index (χ1n) is 4.57. The quantitative estimate of drug-likeness (QED) is 0.770. The minimum atomic E-state index is -0.0683. The van der Waals surface area contributed by atoms with Crippen LogP contribution in [0.25, 0.3) is 0 Å². The molecular formula is C10H11N3OS. The van der Waals surface area contributed by atoms with Crippen LogP contribution in [0.5, 0.6) is 0 Å². The van der Waals surface area contributed by atoms with Gasteiger partial charge in [0, 0.05) is 10.6 Å². The molecule has 0 atom stereocenters. The first-order chi connectivity index (χ1) is 7.40. The lowest BCUT2D eigenvalue weighted by molar-refractivity contribution is 0.276. The van der Waals surface area contributed by atoms with Gasteiger partial charge < -0.3 is 5.11 Å². The summed E-state index contributed by atoms with van der Waals surface area (Å²) in [7, 11) is 0. The number of nitrogens with one attached hydrogen (secondary N) is 1. The number of thioether (sulfide) groups is 1. The number of hydrogen-bond acceptors (Lipinski definition) is 4. The van der Waals surface area contributed by atoms with Crippen LogP contribution in [0, 0.1) is 0 Å². The Bertz CT molecular complexity index is 416. The van der Waals surface area contributed by atoms with Crippen molar-refractivity contribution < 1.29 is 5.11 Å². The van der Waals surface area contributed by atoms with E-state index in [1.165, 1.54) is 4.90 Å². The molecule has 0 bridgehead atoms. The van der Waals surface area contributed by atoms with Gasteiger partial charge in [-0.2, -0.15) is 15.4 Å². The van der Waals surface area contributed by atoms with Crippen LogP contribution in [0.2, 0.25) is 0 Å². The number of aliphatic hydroxyl groups is 1. The first kappa shape index (κ1) is 10.2. The third-order valence-electron chi connectivity index (χ3n) is 1.97. The zero-order chi connectivity index (χ0) is 10.5. The number of aromatic nitrogens is 3. The highest BCUT2D eigenvalue weighted by molar-refractivity contribution is 7.98. The van der Waals surface area contributed by atoms with E-state index >= 15 is 0 Å².